The fraction of sp³-hybridized carbons (Fsp3) is 0.583. The third-order valence-electron chi connectivity index (χ3n) is 0.829. The van der Waals surface area contributed by atoms with Gasteiger partial charge in [0, 0.05) is 6.42 Å². The molecule has 1 rings (SSSR count). The zero-order chi connectivity index (χ0) is 12.5. The Morgan fingerprint density at radius 1 is 0.750 bits per heavy atom. The molecule has 0 aromatic carbocycles. The summed E-state index contributed by atoms with van der Waals surface area (Å²) in [5.41, 5.74) is 1.34. The minimum Gasteiger partial charge on any atom is -0.668 e. The maximum absolute atomic E-state index is 3.50. The largest absolute Gasteiger partial charge is 3.00 e. The van der Waals surface area contributed by atoms with Gasteiger partial charge >= 0.3 is 21.7 Å². The van der Waals surface area contributed by atoms with Crippen molar-refractivity contribution in [1.29, 1.82) is 0 Å². The van der Waals surface area contributed by atoms with E-state index in [1.54, 1.807) is 42.3 Å². The van der Waals surface area contributed by atoms with Gasteiger partial charge < -0.3 is 16.0 Å². The van der Waals surface area contributed by atoms with Crippen molar-refractivity contribution < 1.29 is 21.7 Å². The molecule has 0 amide bonds. The van der Waals surface area contributed by atoms with Crippen molar-refractivity contribution in [1.82, 2.24) is 0 Å². The van der Waals surface area contributed by atoms with E-state index < -0.39 is 0 Å². The van der Waals surface area contributed by atoms with Crippen molar-refractivity contribution >= 4 is 0 Å². The zero-order valence-electron chi connectivity index (χ0n) is 11.7. The molecule has 0 unspecified atom stereocenters. The second-order valence-corrected chi connectivity index (χ2v) is 2.80. The first kappa shape index (κ1) is 25.1. The summed E-state index contributed by atoms with van der Waals surface area (Å²) < 4.78 is 0. The average molecular weight is 259 g/mol. The van der Waals surface area contributed by atoms with Gasteiger partial charge in [-0.2, -0.15) is 42.3 Å². The Labute approximate surface area is 117 Å². The van der Waals surface area contributed by atoms with Gasteiger partial charge in [-0.05, 0) is 6.92 Å². The van der Waals surface area contributed by atoms with Crippen LogP contribution in [0.1, 0.15) is 6.92 Å². The molecule has 0 aliphatic heterocycles. The Morgan fingerprint density at radius 2 is 1.06 bits per heavy atom. The Morgan fingerprint density at radius 3 is 1.12 bits per heavy atom. The minimum atomic E-state index is 0. The molecule has 0 aromatic rings. The van der Waals surface area contributed by atoms with Crippen molar-refractivity contribution in [2.75, 3.05) is 42.3 Å². The summed E-state index contributed by atoms with van der Waals surface area (Å²) >= 11 is 0. The smallest absolute Gasteiger partial charge is 0.668 e. The van der Waals surface area contributed by atoms with Crippen LogP contribution in [-0.2, 0) is 21.7 Å². The van der Waals surface area contributed by atoms with E-state index in [4.69, 9.17) is 0 Å². The van der Waals surface area contributed by atoms with Crippen LogP contribution >= 0.6 is 0 Å². The molecule has 0 atom stereocenters. The topological polar surface area (TPSA) is 42.3 Å². The van der Waals surface area contributed by atoms with Crippen molar-refractivity contribution in [2.45, 2.75) is 6.92 Å². The van der Waals surface area contributed by atoms with E-state index >= 15 is 0 Å². The van der Waals surface area contributed by atoms with Gasteiger partial charge in [0.05, 0.1) is 0 Å². The van der Waals surface area contributed by atoms with Crippen LogP contribution in [0.3, 0.4) is 0 Å². The molecule has 0 fully saturated rings. The molecular formula is C12H25N3Ti. The van der Waals surface area contributed by atoms with Crippen LogP contribution in [0.4, 0.5) is 0 Å². The fourth-order valence-electron chi connectivity index (χ4n) is 0.470. The fourth-order valence-corrected chi connectivity index (χ4v) is 0.470. The molecule has 16 heavy (non-hydrogen) atoms. The van der Waals surface area contributed by atoms with E-state index in [-0.39, 0.29) is 21.7 Å². The molecule has 3 nitrogen and oxygen atoms in total. The van der Waals surface area contributed by atoms with Crippen molar-refractivity contribution in [3.8, 4) is 0 Å². The summed E-state index contributed by atoms with van der Waals surface area (Å²) in [6.07, 6.45) is 8.24. The summed E-state index contributed by atoms with van der Waals surface area (Å²) in [6, 6.07) is 0. The Hall–Kier alpha value is 0.0743. The summed E-state index contributed by atoms with van der Waals surface area (Å²) in [5, 5.41) is 10.5. The van der Waals surface area contributed by atoms with Gasteiger partial charge in [-0.3, -0.25) is 0 Å². The van der Waals surface area contributed by atoms with Crippen LogP contribution in [0.5, 0.6) is 0 Å². The Kier molecular flexibility index (Phi) is 46.1. The van der Waals surface area contributed by atoms with Gasteiger partial charge in [0.25, 0.3) is 0 Å². The quantitative estimate of drug-likeness (QED) is 0.597. The third-order valence-corrected chi connectivity index (χ3v) is 0.829. The molecule has 0 spiro atoms. The number of hydrogen-bond donors (Lipinski definition) is 0. The molecule has 1 aliphatic carbocycles. The zero-order valence-corrected chi connectivity index (χ0v) is 13.2. The summed E-state index contributed by atoms with van der Waals surface area (Å²) in [7, 11) is 10.5. The predicted octanol–water partition coefficient (Wildman–Crippen LogP) is 3.56. The standard InChI is InChI=1S/C6H7.3C2H6N.Ti/c1-6-4-2-3-5-6;3*1-3-2;/h2-5H,1H3;3*1-2H3;/q;3*-1;+3. The second kappa shape index (κ2) is 29.4. The first-order valence-corrected chi connectivity index (χ1v) is 4.76. The van der Waals surface area contributed by atoms with Gasteiger partial charge in [0.1, 0.15) is 0 Å². The number of rotatable bonds is 0. The van der Waals surface area contributed by atoms with Gasteiger partial charge in [-0.25, -0.2) is 0 Å². The maximum Gasteiger partial charge on any atom is 3.00 e. The minimum absolute atomic E-state index is 0. The van der Waals surface area contributed by atoms with Crippen LogP contribution in [0.2, 0.25) is 0 Å². The van der Waals surface area contributed by atoms with Crippen LogP contribution in [0, 0.1) is 6.42 Å². The number of nitrogens with zero attached hydrogens (tertiary/aromatic N) is 3. The molecule has 0 N–H and O–H groups in total. The normalized spacial score (nSPS) is 10.3. The second-order valence-electron chi connectivity index (χ2n) is 2.80. The number of hydrogen-bond acceptors (Lipinski definition) is 0. The van der Waals surface area contributed by atoms with Crippen LogP contribution in [-0.4, -0.2) is 42.3 Å². The van der Waals surface area contributed by atoms with Crippen LogP contribution in [0.15, 0.2) is 23.8 Å². The monoisotopic (exact) mass is 259 g/mol. The van der Waals surface area contributed by atoms with E-state index in [1.807, 2.05) is 12.2 Å². The predicted molar refractivity (Wildman–Crippen MR) is 72.8 cm³/mol. The van der Waals surface area contributed by atoms with E-state index in [2.05, 4.69) is 35.4 Å². The van der Waals surface area contributed by atoms with E-state index in [0.29, 0.717) is 0 Å². The summed E-state index contributed by atoms with van der Waals surface area (Å²) in [6.45, 7) is 2.08. The van der Waals surface area contributed by atoms with Gasteiger partial charge in [0.2, 0.25) is 0 Å². The van der Waals surface area contributed by atoms with Crippen LogP contribution < -0.4 is 0 Å². The van der Waals surface area contributed by atoms with E-state index in [1.165, 1.54) is 5.57 Å². The first-order chi connectivity index (χ1) is 7.14. The molecule has 0 saturated carbocycles. The van der Waals surface area contributed by atoms with Crippen molar-refractivity contribution in [2.24, 2.45) is 0 Å². The third kappa shape index (κ3) is 48.1. The number of allylic oxidation sites excluding steroid dienone is 4. The van der Waals surface area contributed by atoms with Gasteiger partial charge in [0.15, 0.2) is 0 Å². The molecule has 0 heterocycles. The molecule has 0 bridgehead atoms. The van der Waals surface area contributed by atoms with E-state index in [9.17, 15) is 0 Å². The van der Waals surface area contributed by atoms with Crippen molar-refractivity contribution in [3.63, 3.8) is 0 Å². The van der Waals surface area contributed by atoms with Crippen LogP contribution in [0.25, 0.3) is 16.0 Å². The van der Waals surface area contributed by atoms with E-state index in [0.717, 1.165) is 0 Å². The van der Waals surface area contributed by atoms with Gasteiger partial charge in [-0.1, -0.05) is 23.8 Å². The molecule has 0 aromatic heterocycles. The first-order valence-electron chi connectivity index (χ1n) is 4.76. The SMILES string of the molecule is CC1=CC=C[CH]1.C[N-]C.C[N-]C.C[N-]C.[Ti+3]. The van der Waals surface area contributed by atoms with Gasteiger partial charge in [-0.15, -0.1) is 0 Å². The van der Waals surface area contributed by atoms with Crippen molar-refractivity contribution in [3.05, 3.63) is 46.2 Å². The molecule has 1 aliphatic rings. The summed E-state index contributed by atoms with van der Waals surface area (Å²) in [5.74, 6) is 0. The Balaban J connectivity index is -0.0000000637. The average Bonchev–Trinajstić information content (AvgIpc) is 2.60. The molecule has 2 radical (unpaired) electrons. The molecule has 92 valence electrons. The molecular weight excluding hydrogens is 234 g/mol. The Bertz CT molecular complexity index is 140. The maximum atomic E-state index is 3.50. The molecule has 4 heteroatoms. The molecule has 0 saturated heterocycles. The summed E-state index contributed by atoms with van der Waals surface area (Å²) in [4.78, 5) is 0.